The molecular formula is C19H16FN3O2. The van der Waals surface area contributed by atoms with E-state index in [9.17, 15) is 9.18 Å². The number of carbonyl (C=O) groups is 1. The van der Waals surface area contributed by atoms with Crippen molar-refractivity contribution in [3.8, 4) is 11.5 Å². The summed E-state index contributed by atoms with van der Waals surface area (Å²) in [6.45, 7) is 3.66. The first-order valence-corrected chi connectivity index (χ1v) is 7.73. The van der Waals surface area contributed by atoms with Gasteiger partial charge in [0.15, 0.2) is 5.78 Å². The predicted octanol–water partition coefficient (Wildman–Crippen LogP) is 3.85. The molecular weight excluding hydrogens is 321 g/mol. The number of carbonyl (C=O) groups excluding carboxylic acids is 1. The van der Waals surface area contributed by atoms with Crippen molar-refractivity contribution in [2.45, 2.75) is 20.3 Å². The van der Waals surface area contributed by atoms with Crippen molar-refractivity contribution in [3.63, 3.8) is 0 Å². The molecule has 0 aliphatic heterocycles. The smallest absolute Gasteiger partial charge is 0.213 e. The molecule has 0 radical (unpaired) electrons. The molecule has 126 valence electrons. The predicted molar refractivity (Wildman–Crippen MR) is 90.3 cm³/mol. The highest BCUT2D eigenvalue weighted by molar-refractivity contribution is 5.95. The van der Waals surface area contributed by atoms with Crippen LogP contribution >= 0.6 is 0 Å². The number of ether oxygens (including phenoxy) is 1. The Morgan fingerprint density at radius 2 is 1.88 bits per heavy atom. The number of rotatable bonds is 5. The molecule has 25 heavy (non-hydrogen) atoms. The van der Waals surface area contributed by atoms with Crippen LogP contribution < -0.4 is 4.74 Å². The van der Waals surface area contributed by atoms with Crippen molar-refractivity contribution in [2.75, 3.05) is 0 Å². The SMILES string of the molecule is Cc1ccc(Oc2cc(C)nc(C(=O)Cc3cccc(F)n3)c2)cn1. The van der Waals surface area contributed by atoms with Gasteiger partial charge in [0, 0.05) is 23.5 Å². The number of aryl methyl sites for hydroxylation is 2. The molecule has 3 aromatic rings. The number of ketones is 1. The Kier molecular flexibility index (Phi) is 4.79. The molecule has 3 aromatic heterocycles. The minimum atomic E-state index is -0.613. The van der Waals surface area contributed by atoms with Gasteiger partial charge < -0.3 is 4.74 Å². The maximum absolute atomic E-state index is 13.2. The van der Waals surface area contributed by atoms with Gasteiger partial charge in [0.25, 0.3) is 0 Å². The maximum atomic E-state index is 13.2. The first kappa shape index (κ1) is 16.7. The second kappa shape index (κ2) is 7.17. The number of nitrogens with zero attached hydrogens (tertiary/aromatic N) is 3. The molecule has 0 fully saturated rings. The average Bonchev–Trinajstić information content (AvgIpc) is 2.56. The summed E-state index contributed by atoms with van der Waals surface area (Å²) in [7, 11) is 0. The van der Waals surface area contributed by atoms with Gasteiger partial charge in [-0.2, -0.15) is 4.39 Å². The van der Waals surface area contributed by atoms with Crippen molar-refractivity contribution >= 4 is 5.78 Å². The summed E-state index contributed by atoms with van der Waals surface area (Å²) in [6, 6.07) is 11.3. The van der Waals surface area contributed by atoms with E-state index in [0.29, 0.717) is 22.9 Å². The van der Waals surface area contributed by atoms with Crippen LogP contribution in [-0.2, 0) is 6.42 Å². The highest BCUT2D eigenvalue weighted by Crippen LogP contribution is 2.22. The van der Waals surface area contributed by atoms with Gasteiger partial charge in [0.05, 0.1) is 18.3 Å². The number of halogens is 1. The molecule has 6 heteroatoms. The second-order valence-corrected chi connectivity index (χ2v) is 5.62. The summed E-state index contributed by atoms with van der Waals surface area (Å²) in [4.78, 5) is 24.5. The Morgan fingerprint density at radius 1 is 1.04 bits per heavy atom. The van der Waals surface area contributed by atoms with Crippen LogP contribution in [0.3, 0.4) is 0 Å². The number of pyridine rings is 3. The number of hydrogen-bond donors (Lipinski definition) is 0. The molecule has 0 N–H and O–H groups in total. The summed E-state index contributed by atoms with van der Waals surface area (Å²) in [5.41, 5.74) is 2.14. The first-order chi connectivity index (χ1) is 12.0. The zero-order valence-electron chi connectivity index (χ0n) is 13.9. The minimum absolute atomic E-state index is 0.0280. The topological polar surface area (TPSA) is 65.0 Å². The molecule has 0 atom stereocenters. The highest BCUT2D eigenvalue weighted by Gasteiger charge is 2.13. The van der Waals surface area contributed by atoms with Crippen LogP contribution in [0.25, 0.3) is 0 Å². The van der Waals surface area contributed by atoms with E-state index < -0.39 is 5.95 Å². The van der Waals surface area contributed by atoms with Gasteiger partial charge in [-0.05, 0) is 38.1 Å². The Balaban J connectivity index is 1.80. The van der Waals surface area contributed by atoms with Crippen molar-refractivity contribution < 1.29 is 13.9 Å². The van der Waals surface area contributed by atoms with Crippen molar-refractivity contribution in [3.05, 3.63) is 77.4 Å². The largest absolute Gasteiger partial charge is 0.456 e. The van der Waals surface area contributed by atoms with Crippen molar-refractivity contribution in [2.24, 2.45) is 0 Å². The fraction of sp³-hybridized carbons (Fsp3) is 0.158. The van der Waals surface area contributed by atoms with E-state index in [0.717, 1.165) is 5.69 Å². The quantitative estimate of drug-likeness (QED) is 0.523. The summed E-state index contributed by atoms with van der Waals surface area (Å²) < 4.78 is 18.9. The number of hydrogen-bond acceptors (Lipinski definition) is 5. The first-order valence-electron chi connectivity index (χ1n) is 7.73. The Hall–Kier alpha value is -3.15. The van der Waals surface area contributed by atoms with Crippen LogP contribution in [0.4, 0.5) is 4.39 Å². The third-order valence-electron chi connectivity index (χ3n) is 3.45. The lowest BCUT2D eigenvalue weighted by Gasteiger charge is -2.08. The Bertz CT molecular complexity index is 911. The van der Waals surface area contributed by atoms with Gasteiger partial charge in [-0.15, -0.1) is 0 Å². The van der Waals surface area contributed by atoms with Crippen LogP contribution in [0.15, 0.2) is 48.7 Å². The highest BCUT2D eigenvalue weighted by atomic mass is 19.1. The van der Waals surface area contributed by atoms with Gasteiger partial charge in [-0.1, -0.05) is 6.07 Å². The molecule has 0 spiro atoms. The lowest BCUT2D eigenvalue weighted by molar-refractivity contribution is 0.0986. The standard InChI is InChI=1S/C19H16FN3O2/c1-12-6-7-15(11-21-12)25-16-8-13(2)22-17(10-16)18(24)9-14-4-3-5-19(20)23-14/h3-8,10-11H,9H2,1-2H3. The lowest BCUT2D eigenvalue weighted by atomic mass is 10.1. The van der Waals surface area contributed by atoms with Crippen LogP contribution in [0, 0.1) is 19.8 Å². The van der Waals surface area contributed by atoms with Crippen LogP contribution in [0.2, 0.25) is 0 Å². The van der Waals surface area contributed by atoms with Gasteiger partial charge in [0.2, 0.25) is 5.95 Å². The zero-order valence-corrected chi connectivity index (χ0v) is 13.9. The molecule has 3 heterocycles. The van der Waals surface area contributed by atoms with Crippen LogP contribution in [0.5, 0.6) is 11.5 Å². The molecule has 3 rings (SSSR count). The molecule has 0 saturated carbocycles. The third-order valence-corrected chi connectivity index (χ3v) is 3.45. The van der Waals surface area contributed by atoms with Crippen molar-refractivity contribution in [1.82, 2.24) is 15.0 Å². The molecule has 0 amide bonds. The van der Waals surface area contributed by atoms with E-state index in [-0.39, 0.29) is 17.9 Å². The van der Waals surface area contributed by atoms with E-state index in [4.69, 9.17) is 4.74 Å². The molecule has 0 aromatic carbocycles. The Morgan fingerprint density at radius 3 is 2.60 bits per heavy atom. The number of Topliss-reactive ketones (excluding diaryl/α,β-unsaturated/α-hetero) is 1. The molecule has 0 bridgehead atoms. The van der Waals surface area contributed by atoms with E-state index in [1.54, 1.807) is 37.4 Å². The molecule has 0 unspecified atom stereocenters. The lowest BCUT2D eigenvalue weighted by Crippen LogP contribution is -2.09. The van der Waals surface area contributed by atoms with E-state index >= 15 is 0 Å². The van der Waals surface area contributed by atoms with Crippen LogP contribution in [-0.4, -0.2) is 20.7 Å². The van der Waals surface area contributed by atoms with Gasteiger partial charge in [-0.25, -0.2) is 9.97 Å². The van der Waals surface area contributed by atoms with Gasteiger partial charge in [0.1, 0.15) is 17.2 Å². The van der Waals surface area contributed by atoms with Gasteiger partial charge >= 0.3 is 0 Å². The average molecular weight is 337 g/mol. The van der Waals surface area contributed by atoms with Gasteiger partial charge in [-0.3, -0.25) is 9.78 Å². The zero-order chi connectivity index (χ0) is 17.8. The maximum Gasteiger partial charge on any atom is 0.213 e. The Labute approximate surface area is 144 Å². The van der Waals surface area contributed by atoms with Crippen molar-refractivity contribution in [1.29, 1.82) is 0 Å². The second-order valence-electron chi connectivity index (χ2n) is 5.62. The van der Waals surface area contributed by atoms with E-state index in [2.05, 4.69) is 15.0 Å². The molecule has 5 nitrogen and oxygen atoms in total. The monoisotopic (exact) mass is 337 g/mol. The fourth-order valence-corrected chi connectivity index (χ4v) is 2.29. The van der Waals surface area contributed by atoms with E-state index in [1.165, 1.54) is 12.1 Å². The molecule has 0 aliphatic rings. The minimum Gasteiger partial charge on any atom is -0.456 e. The summed E-state index contributed by atoms with van der Waals surface area (Å²) in [6.07, 6.45) is 1.59. The number of aromatic nitrogens is 3. The third kappa shape index (κ3) is 4.44. The van der Waals surface area contributed by atoms with Crippen LogP contribution in [0.1, 0.15) is 27.6 Å². The molecule has 0 saturated heterocycles. The molecule has 0 aliphatic carbocycles. The normalized spacial score (nSPS) is 10.5. The fourth-order valence-electron chi connectivity index (χ4n) is 2.29. The summed E-state index contributed by atoms with van der Waals surface area (Å²) in [5.74, 6) is 0.196. The summed E-state index contributed by atoms with van der Waals surface area (Å²) >= 11 is 0. The van der Waals surface area contributed by atoms with E-state index in [1.807, 2.05) is 13.0 Å². The summed E-state index contributed by atoms with van der Waals surface area (Å²) in [5, 5.41) is 0.